The molecule has 8 nitrogen and oxygen atoms in total. The van der Waals surface area contributed by atoms with Crippen molar-refractivity contribution in [2.24, 2.45) is 15.4 Å². The lowest BCUT2D eigenvalue weighted by atomic mass is 9.75. The maximum absolute atomic E-state index is 10.8. The lowest BCUT2D eigenvalue weighted by Crippen LogP contribution is -2.54. The number of oxime groups is 1. The third-order valence-corrected chi connectivity index (χ3v) is 7.29. The molecule has 2 heterocycles. The zero-order valence-corrected chi connectivity index (χ0v) is 20.5. The van der Waals surface area contributed by atoms with Crippen LogP contribution in [0.3, 0.4) is 0 Å². The summed E-state index contributed by atoms with van der Waals surface area (Å²) in [7, 11) is 2.03. The first kappa shape index (κ1) is 22.2. The highest BCUT2D eigenvalue weighted by molar-refractivity contribution is 9.10. The smallest absolute Gasteiger partial charge is 0.269 e. The summed E-state index contributed by atoms with van der Waals surface area (Å²) in [6.45, 7) is 4.32. The molecule has 0 radical (unpaired) electrons. The predicted molar refractivity (Wildman–Crippen MR) is 134 cm³/mol. The van der Waals surface area contributed by atoms with Crippen LogP contribution in [0.4, 0.5) is 22.7 Å². The molecule has 3 aromatic rings. The van der Waals surface area contributed by atoms with Gasteiger partial charge in [-0.1, -0.05) is 33.2 Å². The highest BCUT2D eigenvalue weighted by Gasteiger charge is 2.61. The molecule has 0 amide bonds. The highest BCUT2D eigenvalue weighted by atomic mass is 79.9. The number of non-ortho nitro benzene ring substituents is 1. The summed E-state index contributed by atoms with van der Waals surface area (Å²) in [6.07, 6.45) is 0.645. The normalized spacial score (nSPS) is 20.5. The number of likely N-dealkylation sites (N-methyl/N-ethyl adjacent to an activating group) is 1. The Morgan fingerprint density at radius 3 is 2.35 bits per heavy atom. The quantitative estimate of drug-likeness (QED) is 0.210. The van der Waals surface area contributed by atoms with Gasteiger partial charge in [-0.3, -0.25) is 10.1 Å². The predicted octanol–water partition coefficient (Wildman–Crippen LogP) is 7.02. The molecule has 1 spiro atoms. The van der Waals surface area contributed by atoms with Crippen LogP contribution in [-0.4, -0.2) is 23.4 Å². The average Bonchev–Trinajstić information content (AvgIpc) is 3.35. The minimum Gasteiger partial charge on any atom is -0.366 e. The van der Waals surface area contributed by atoms with Gasteiger partial charge in [-0.2, -0.15) is 10.2 Å². The van der Waals surface area contributed by atoms with Gasteiger partial charge in [0, 0.05) is 29.3 Å². The standard InChI is InChI=1S/C25H22BrN5O3/c1-24(2)21-14-19(28-27-18-8-11-20(12-9-18)31(32)33)10-13-23(21)30(3)25(24)15-22(29-34-25)16-4-6-17(26)7-5-16/h4-14H,15H2,1-3H3/t25-/m0/s1. The van der Waals surface area contributed by atoms with Crippen molar-refractivity contribution in [2.75, 3.05) is 11.9 Å². The van der Waals surface area contributed by atoms with Crippen LogP contribution < -0.4 is 4.90 Å². The van der Waals surface area contributed by atoms with Crippen molar-refractivity contribution >= 4 is 44.4 Å². The van der Waals surface area contributed by atoms with Crippen LogP contribution in [0.5, 0.6) is 0 Å². The van der Waals surface area contributed by atoms with Crippen LogP contribution >= 0.6 is 15.9 Å². The van der Waals surface area contributed by atoms with Crippen molar-refractivity contribution in [3.8, 4) is 0 Å². The first-order valence-electron chi connectivity index (χ1n) is 10.8. The van der Waals surface area contributed by atoms with Crippen molar-refractivity contribution in [1.29, 1.82) is 0 Å². The number of anilines is 1. The topological polar surface area (TPSA) is 92.7 Å². The monoisotopic (exact) mass is 519 g/mol. The van der Waals surface area contributed by atoms with Crippen molar-refractivity contribution in [2.45, 2.75) is 31.4 Å². The SMILES string of the molecule is CN1c2ccc(N=Nc3ccc([N+](=O)[O-])cc3)cc2C(C)(C)[C@@]12CC(c1ccc(Br)cc1)=NO2. The molecule has 2 aliphatic heterocycles. The van der Waals surface area contributed by atoms with Crippen LogP contribution in [0.25, 0.3) is 0 Å². The molecule has 0 N–H and O–H groups in total. The van der Waals surface area contributed by atoms with Crippen molar-refractivity contribution in [3.05, 3.63) is 92.4 Å². The van der Waals surface area contributed by atoms with Gasteiger partial charge in [-0.15, -0.1) is 0 Å². The van der Waals surface area contributed by atoms with Crippen LogP contribution in [0.1, 0.15) is 31.4 Å². The zero-order valence-electron chi connectivity index (χ0n) is 18.9. The number of rotatable bonds is 4. The first-order chi connectivity index (χ1) is 16.2. The molecule has 172 valence electrons. The minimum atomic E-state index is -0.647. The number of halogens is 1. The Labute approximate surface area is 205 Å². The second-order valence-electron chi connectivity index (χ2n) is 8.96. The molecule has 2 aliphatic rings. The Morgan fingerprint density at radius 1 is 1.03 bits per heavy atom. The van der Waals surface area contributed by atoms with Gasteiger partial charge in [-0.25, -0.2) is 0 Å². The lowest BCUT2D eigenvalue weighted by Gasteiger charge is -2.40. The number of azo groups is 1. The number of hydrogen-bond acceptors (Lipinski definition) is 7. The maximum atomic E-state index is 10.8. The molecule has 34 heavy (non-hydrogen) atoms. The fraction of sp³-hybridized carbons (Fsp3) is 0.240. The zero-order chi connectivity index (χ0) is 24.1. The van der Waals surface area contributed by atoms with E-state index in [2.05, 4.69) is 50.1 Å². The fourth-order valence-electron chi connectivity index (χ4n) is 4.69. The Kier molecular flexibility index (Phi) is 5.24. The van der Waals surface area contributed by atoms with Crippen LogP contribution in [0.2, 0.25) is 0 Å². The molecule has 0 saturated heterocycles. The number of hydrogen-bond donors (Lipinski definition) is 0. The van der Waals surface area contributed by atoms with Gasteiger partial charge in [0.05, 0.1) is 33.8 Å². The van der Waals surface area contributed by atoms with Crippen molar-refractivity contribution in [1.82, 2.24) is 0 Å². The molecule has 3 aromatic carbocycles. The Balaban J connectivity index is 1.42. The van der Waals surface area contributed by atoms with Gasteiger partial charge >= 0.3 is 0 Å². The number of benzene rings is 3. The fourth-order valence-corrected chi connectivity index (χ4v) is 4.96. The highest BCUT2D eigenvalue weighted by Crippen LogP contribution is 2.56. The van der Waals surface area contributed by atoms with E-state index < -0.39 is 10.6 Å². The summed E-state index contributed by atoms with van der Waals surface area (Å²) in [6, 6.07) is 20.0. The summed E-state index contributed by atoms with van der Waals surface area (Å²) in [5, 5.41) is 23.9. The van der Waals surface area contributed by atoms with Gasteiger partial charge < -0.3 is 9.74 Å². The third-order valence-electron chi connectivity index (χ3n) is 6.77. The largest absolute Gasteiger partial charge is 0.366 e. The molecule has 0 saturated carbocycles. The lowest BCUT2D eigenvalue weighted by molar-refractivity contribution is -0.384. The summed E-state index contributed by atoms with van der Waals surface area (Å²) in [5.41, 5.74) is 4.36. The number of nitrogens with zero attached hydrogens (tertiary/aromatic N) is 5. The minimum absolute atomic E-state index is 0.0212. The second-order valence-corrected chi connectivity index (χ2v) is 9.87. The van der Waals surface area contributed by atoms with Crippen LogP contribution in [0.15, 0.2) is 86.6 Å². The maximum Gasteiger partial charge on any atom is 0.269 e. The van der Waals surface area contributed by atoms with E-state index in [4.69, 9.17) is 4.84 Å². The van der Waals surface area contributed by atoms with E-state index in [1.807, 2.05) is 49.5 Å². The summed E-state index contributed by atoms with van der Waals surface area (Å²) < 4.78 is 1.02. The Morgan fingerprint density at radius 2 is 1.68 bits per heavy atom. The molecule has 0 aliphatic carbocycles. The average molecular weight is 520 g/mol. The van der Waals surface area contributed by atoms with Crippen LogP contribution in [-0.2, 0) is 10.3 Å². The summed E-state index contributed by atoms with van der Waals surface area (Å²) in [4.78, 5) is 18.8. The molecule has 5 rings (SSSR count). The molecule has 0 bridgehead atoms. The number of nitro benzene ring substituents is 1. The van der Waals surface area contributed by atoms with E-state index in [0.717, 1.165) is 27.0 Å². The van der Waals surface area contributed by atoms with Gasteiger partial charge in [-0.05, 0) is 67.4 Å². The molecule has 0 unspecified atom stereocenters. The molecular formula is C25H22BrN5O3. The molecule has 0 aromatic heterocycles. The Bertz CT molecular complexity index is 1340. The number of fused-ring (bicyclic) bond motifs is 1. The van der Waals surface area contributed by atoms with E-state index in [1.165, 1.54) is 12.1 Å². The third kappa shape index (κ3) is 3.47. The van der Waals surface area contributed by atoms with E-state index in [1.54, 1.807) is 12.1 Å². The second kappa shape index (κ2) is 8.02. The van der Waals surface area contributed by atoms with Gasteiger partial charge in [0.15, 0.2) is 0 Å². The van der Waals surface area contributed by atoms with Crippen molar-refractivity contribution in [3.63, 3.8) is 0 Å². The summed E-state index contributed by atoms with van der Waals surface area (Å²) in [5.74, 6) is 0. The molecule has 1 atom stereocenters. The van der Waals surface area contributed by atoms with E-state index in [-0.39, 0.29) is 11.1 Å². The van der Waals surface area contributed by atoms with Gasteiger partial charge in [0.1, 0.15) is 0 Å². The van der Waals surface area contributed by atoms with Crippen molar-refractivity contribution < 1.29 is 9.76 Å². The molecular weight excluding hydrogens is 498 g/mol. The number of nitro groups is 1. The summed E-state index contributed by atoms with van der Waals surface area (Å²) >= 11 is 3.48. The van der Waals surface area contributed by atoms with E-state index in [9.17, 15) is 10.1 Å². The molecule has 0 fully saturated rings. The van der Waals surface area contributed by atoms with Crippen LogP contribution in [0, 0.1) is 10.1 Å². The van der Waals surface area contributed by atoms with Gasteiger partial charge in [0.2, 0.25) is 5.72 Å². The first-order valence-corrected chi connectivity index (χ1v) is 11.6. The van der Waals surface area contributed by atoms with E-state index >= 15 is 0 Å². The van der Waals surface area contributed by atoms with E-state index in [0.29, 0.717) is 17.8 Å². The molecule has 9 heteroatoms. The van der Waals surface area contributed by atoms with Gasteiger partial charge in [0.25, 0.3) is 5.69 Å². The Hall–Kier alpha value is -3.59.